The first kappa shape index (κ1) is 27.0. The minimum atomic E-state index is -0.769. The Morgan fingerprint density at radius 2 is 1.97 bits per heavy atom. The van der Waals surface area contributed by atoms with Crippen molar-refractivity contribution in [1.82, 2.24) is 4.57 Å². The van der Waals surface area contributed by atoms with E-state index in [1.165, 1.54) is 22.8 Å². The van der Waals surface area contributed by atoms with Crippen LogP contribution in [-0.2, 0) is 14.3 Å². The highest BCUT2D eigenvalue weighted by molar-refractivity contribution is 9.11. The molecular formula is C26H22Br2N2O6S. The van der Waals surface area contributed by atoms with Crippen molar-refractivity contribution >= 4 is 61.2 Å². The predicted molar refractivity (Wildman–Crippen MR) is 147 cm³/mol. The van der Waals surface area contributed by atoms with E-state index in [0.29, 0.717) is 36.4 Å². The molecule has 1 aliphatic heterocycles. The van der Waals surface area contributed by atoms with Crippen LogP contribution in [0.3, 0.4) is 0 Å². The lowest BCUT2D eigenvalue weighted by molar-refractivity contribution is -0.139. The number of methoxy groups -OCH3 is 1. The topological polar surface area (TPSA) is 96.2 Å². The number of rotatable bonds is 6. The van der Waals surface area contributed by atoms with Gasteiger partial charge in [0.05, 0.1) is 40.0 Å². The van der Waals surface area contributed by atoms with Gasteiger partial charge in [0.1, 0.15) is 5.75 Å². The Balaban J connectivity index is 1.99. The van der Waals surface area contributed by atoms with Gasteiger partial charge in [0.25, 0.3) is 5.56 Å². The van der Waals surface area contributed by atoms with Crippen molar-refractivity contribution < 1.29 is 23.8 Å². The second kappa shape index (κ2) is 11.2. The Hall–Kier alpha value is -3.02. The summed E-state index contributed by atoms with van der Waals surface area (Å²) in [6.45, 7) is 4.93. The van der Waals surface area contributed by atoms with Gasteiger partial charge in [0.15, 0.2) is 10.6 Å². The number of hydrogen-bond donors (Lipinski definition) is 0. The van der Waals surface area contributed by atoms with Crippen LogP contribution in [0.25, 0.3) is 6.08 Å². The van der Waals surface area contributed by atoms with Gasteiger partial charge in [0.2, 0.25) is 0 Å². The van der Waals surface area contributed by atoms with E-state index < -0.39 is 18.0 Å². The summed E-state index contributed by atoms with van der Waals surface area (Å²) >= 11 is 8.04. The Morgan fingerprint density at radius 1 is 1.22 bits per heavy atom. The van der Waals surface area contributed by atoms with Crippen molar-refractivity contribution in [2.45, 2.75) is 26.8 Å². The predicted octanol–water partition coefficient (Wildman–Crippen LogP) is 4.26. The lowest BCUT2D eigenvalue weighted by Gasteiger charge is -2.25. The maximum atomic E-state index is 13.8. The molecule has 1 aromatic heterocycles. The number of carbonyl (C=O) groups is 2. The van der Waals surface area contributed by atoms with Gasteiger partial charge >= 0.3 is 11.9 Å². The van der Waals surface area contributed by atoms with E-state index in [1.807, 2.05) is 6.07 Å². The van der Waals surface area contributed by atoms with E-state index in [9.17, 15) is 14.4 Å². The number of halogens is 2. The number of carbonyl (C=O) groups excluding carboxylic acids is 2. The first-order valence-corrected chi connectivity index (χ1v) is 13.6. The number of allylic oxidation sites excluding steroid dienone is 1. The number of thiazole rings is 1. The molecule has 8 nitrogen and oxygen atoms in total. The fourth-order valence-corrected chi connectivity index (χ4v) is 6.38. The van der Waals surface area contributed by atoms with Crippen molar-refractivity contribution in [3.63, 3.8) is 0 Å². The van der Waals surface area contributed by atoms with E-state index >= 15 is 0 Å². The maximum Gasteiger partial charge on any atom is 0.338 e. The Morgan fingerprint density at radius 3 is 2.65 bits per heavy atom. The average molecular weight is 650 g/mol. The molecule has 4 rings (SSSR count). The summed E-state index contributed by atoms with van der Waals surface area (Å²) < 4.78 is 19.2. The SMILES string of the molecule is CCOC(=O)C1=C(C)N=c2s/c(=C\c3cc(Br)cc(Br)c3OC(C)=O)c(=O)n2[C@H]1c1cccc(OC)c1. The number of benzene rings is 2. The average Bonchev–Trinajstić information content (AvgIpc) is 3.14. The quantitative estimate of drug-likeness (QED) is 0.293. The van der Waals surface area contributed by atoms with Crippen LogP contribution in [0.1, 0.15) is 37.9 Å². The van der Waals surface area contributed by atoms with Gasteiger partial charge in [-0.05, 0) is 65.7 Å². The Kier molecular flexibility index (Phi) is 8.15. The molecule has 2 heterocycles. The molecule has 0 unspecified atom stereocenters. The van der Waals surface area contributed by atoms with Crippen LogP contribution >= 0.6 is 43.2 Å². The highest BCUT2D eigenvalue weighted by atomic mass is 79.9. The molecule has 0 radical (unpaired) electrons. The Labute approximate surface area is 233 Å². The van der Waals surface area contributed by atoms with Gasteiger partial charge in [-0.25, -0.2) is 9.79 Å². The van der Waals surface area contributed by atoms with Crippen molar-refractivity contribution in [2.24, 2.45) is 4.99 Å². The monoisotopic (exact) mass is 648 g/mol. The summed E-state index contributed by atoms with van der Waals surface area (Å²) in [5.74, 6) is -0.164. The molecule has 0 saturated heterocycles. The van der Waals surface area contributed by atoms with Crippen LogP contribution in [-0.4, -0.2) is 30.2 Å². The summed E-state index contributed by atoms with van der Waals surface area (Å²) in [7, 11) is 1.55. The van der Waals surface area contributed by atoms with Crippen LogP contribution in [0.2, 0.25) is 0 Å². The number of hydrogen-bond acceptors (Lipinski definition) is 8. The van der Waals surface area contributed by atoms with Gasteiger partial charge in [-0.15, -0.1) is 0 Å². The van der Waals surface area contributed by atoms with Gasteiger partial charge < -0.3 is 14.2 Å². The molecule has 192 valence electrons. The first-order chi connectivity index (χ1) is 17.6. The van der Waals surface area contributed by atoms with E-state index in [4.69, 9.17) is 14.2 Å². The fourth-order valence-electron chi connectivity index (χ4n) is 4.00. The molecule has 0 fully saturated rings. The van der Waals surface area contributed by atoms with Crippen molar-refractivity contribution in [3.05, 3.63) is 87.4 Å². The molecule has 0 bridgehead atoms. The smallest absolute Gasteiger partial charge is 0.338 e. The summed E-state index contributed by atoms with van der Waals surface area (Å²) in [6.07, 6.45) is 1.64. The summed E-state index contributed by atoms with van der Waals surface area (Å²) in [4.78, 5) is 43.6. The van der Waals surface area contributed by atoms with Gasteiger partial charge in [-0.3, -0.25) is 14.2 Å². The summed E-state index contributed by atoms with van der Waals surface area (Å²) in [6, 6.07) is 9.92. The molecule has 3 aromatic rings. The largest absolute Gasteiger partial charge is 0.497 e. The molecule has 0 spiro atoms. The third-order valence-corrected chi connectivity index (χ3v) is 7.53. The van der Waals surface area contributed by atoms with Crippen LogP contribution in [0.4, 0.5) is 0 Å². The molecule has 11 heteroatoms. The summed E-state index contributed by atoms with van der Waals surface area (Å²) in [5, 5.41) is 0. The zero-order valence-electron chi connectivity index (χ0n) is 20.3. The molecule has 1 atom stereocenters. The minimum Gasteiger partial charge on any atom is -0.497 e. The van der Waals surface area contributed by atoms with Crippen LogP contribution in [0.15, 0.2) is 66.4 Å². The lowest BCUT2D eigenvalue weighted by atomic mass is 9.95. The van der Waals surface area contributed by atoms with Crippen LogP contribution in [0.5, 0.6) is 11.5 Å². The van der Waals surface area contributed by atoms with Gasteiger partial charge in [-0.2, -0.15) is 0 Å². The zero-order valence-corrected chi connectivity index (χ0v) is 24.3. The van der Waals surface area contributed by atoms with Crippen LogP contribution < -0.4 is 24.4 Å². The second-order valence-corrected chi connectivity index (χ2v) is 10.8. The third-order valence-electron chi connectivity index (χ3n) is 5.50. The first-order valence-electron chi connectivity index (χ1n) is 11.2. The molecule has 0 saturated carbocycles. The molecule has 0 N–H and O–H groups in total. The molecule has 0 aliphatic carbocycles. The Bertz CT molecular complexity index is 1620. The number of ether oxygens (including phenoxy) is 3. The molecular weight excluding hydrogens is 628 g/mol. The van der Waals surface area contributed by atoms with E-state index in [1.54, 1.807) is 57.4 Å². The highest BCUT2D eigenvalue weighted by Gasteiger charge is 2.33. The van der Waals surface area contributed by atoms with Gasteiger partial charge in [0, 0.05) is 17.0 Å². The minimum absolute atomic E-state index is 0.182. The van der Waals surface area contributed by atoms with E-state index in [2.05, 4.69) is 36.9 Å². The highest BCUT2D eigenvalue weighted by Crippen LogP contribution is 2.34. The van der Waals surface area contributed by atoms with Crippen molar-refractivity contribution in [3.8, 4) is 11.5 Å². The van der Waals surface area contributed by atoms with Gasteiger partial charge in [-0.1, -0.05) is 39.4 Å². The van der Waals surface area contributed by atoms with E-state index in [-0.39, 0.29) is 23.5 Å². The molecule has 0 amide bonds. The standard InChI is InChI=1S/C26H22Br2N2O6S/c1-5-35-25(33)21-13(2)29-26-30(22(21)15-7-6-8-18(10-15)34-4)24(32)20(37-26)11-16-9-17(27)12-19(28)23(16)36-14(3)31/h6-12,22H,5H2,1-4H3/b20-11-/t22-/m0/s1. The number of nitrogens with zero attached hydrogens (tertiary/aromatic N) is 2. The third kappa shape index (κ3) is 5.48. The number of esters is 2. The van der Waals surface area contributed by atoms with E-state index in [0.717, 1.165) is 4.47 Å². The van der Waals surface area contributed by atoms with Crippen LogP contribution in [0, 0.1) is 0 Å². The lowest BCUT2D eigenvalue weighted by Crippen LogP contribution is -2.39. The number of aromatic nitrogens is 1. The fraction of sp³-hybridized carbons (Fsp3) is 0.231. The second-order valence-electron chi connectivity index (χ2n) is 7.98. The summed E-state index contributed by atoms with van der Waals surface area (Å²) in [5.41, 5.74) is 1.58. The maximum absolute atomic E-state index is 13.8. The number of fused-ring (bicyclic) bond motifs is 1. The normalized spacial score (nSPS) is 15.2. The van der Waals surface area contributed by atoms with Crippen molar-refractivity contribution in [1.29, 1.82) is 0 Å². The molecule has 37 heavy (non-hydrogen) atoms. The molecule has 2 aromatic carbocycles. The van der Waals surface area contributed by atoms with Crippen molar-refractivity contribution in [2.75, 3.05) is 13.7 Å². The molecule has 1 aliphatic rings. The zero-order chi connectivity index (χ0) is 26.9.